The van der Waals surface area contributed by atoms with Gasteiger partial charge in [0, 0.05) is 17.0 Å². The SMILES string of the molecule is CC(C)(C)N1CCCCC(N)C1c1cscn1. The maximum Gasteiger partial charge on any atom is 0.0795 e. The monoisotopic (exact) mass is 253 g/mol. The second-order valence-corrected chi connectivity index (χ2v) is 6.60. The summed E-state index contributed by atoms with van der Waals surface area (Å²) in [4.78, 5) is 7.02. The standard InChI is InChI=1S/C13H23N3S/c1-13(2,3)16-7-5-4-6-10(14)12(16)11-8-17-9-15-11/h8-10,12H,4-7,14H2,1-3H3. The second kappa shape index (κ2) is 5.04. The van der Waals surface area contributed by atoms with Crippen LogP contribution in [0.2, 0.25) is 0 Å². The maximum absolute atomic E-state index is 6.38. The zero-order chi connectivity index (χ0) is 12.5. The van der Waals surface area contributed by atoms with Gasteiger partial charge in [0.05, 0.1) is 17.2 Å². The molecule has 1 aromatic rings. The van der Waals surface area contributed by atoms with Crippen molar-refractivity contribution in [3.8, 4) is 0 Å². The number of nitrogens with zero attached hydrogens (tertiary/aromatic N) is 2. The third kappa shape index (κ3) is 2.87. The first kappa shape index (κ1) is 13.0. The molecule has 0 amide bonds. The van der Waals surface area contributed by atoms with Crippen LogP contribution >= 0.6 is 11.3 Å². The van der Waals surface area contributed by atoms with E-state index in [-0.39, 0.29) is 17.6 Å². The summed E-state index contributed by atoms with van der Waals surface area (Å²) in [7, 11) is 0. The fraction of sp³-hybridized carbons (Fsp3) is 0.769. The van der Waals surface area contributed by atoms with Gasteiger partial charge in [0.15, 0.2) is 0 Å². The topological polar surface area (TPSA) is 42.1 Å². The van der Waals surface area contributed by atoms with E-state index in [0.717, 1.165) is 18.7 Å². The minimum atomic E-state index is 0.149. The Morgan fingerprint density at radius 3 is 2.76 bits per heavy atom. The number of thiazole rings is 1. The van der Waals surface area contributed by atoms with Gasteiger partial charge in [-0.15, -0.1) is 11.3 Å². The number of likely N-dealkylation sites (tertiary alicyclic amines) is 1. The van der Waals surface area contributed by atoms with Gasteiger partial charge in [-0.1, -0.05) is 6.42 Å². The van der Waals surface area contributed by atoms with E-state index in [4.69, 9.17) is 5.73 Å². The highest BCUT2D eigenvalue weighted by Gasteiger charge is 2.35. The molecule has 4 heteroatoms. The first-order valence-electron chi connectivity index (χ1n) is 6.40. The molecule has 1 aromatic heterocycles. The van der Waals surface area contributed by atoms with Gasteiger partial charge < -0.3 is 5.73 Å². The Bertz CT molecular complexity index is 342. The first-order chi connectivity index (χ1) is 8.00. The summed E-state index contributed by atoms with van der Waals surface area (Å²) in [5.74, 6) is 0. The van der Waals surface area contributed by atoms with Crippen molar-refractivity contribution in [3.05, 3.63) is 16.6 Å². The van der Waals surface area contributed by atoms with E-state index in [1.54, 1.807) is 11.3 Å². The van der Waals surface area contributed by atoms with Crippen LogP contribution in [0.5, 0.6) is 0 Å². The molecule has 0 spiro atoms. The van der Waals surface area contributed by atoms with Crippen molar-refractivity contribution in [3.63, 3.8) is 0 Å². The lowest BCUT2D eigenvalue weighted by Crippen LogP contribution is -2.49. The third-order valence-corrected chi connectivity index (χ3v) is 4.15. The van der Waals surface area contributed by atoms with Crippen LogP contribution in [-0.2, 0) is 0 Å². The van der Waals surface area contributed by atoms with Crippen molar-refractivity contribution in [2.75, 3.05) is 6.54 Å². The predicted octanol–water partition coefficient (Wildman–Crippen LogP) is 2.80. The van der Waals surface area contributed by atoms with E-state index >= 15 is 0 Å². The summed E-state index contributed by atoms with van der Waals surface area (Å²) in [5, 5.41) is 2.15. The molecule has 2 unspecified atom stereocenters. The molecule has 1 aliphatic rings. The van der Waals surface area contributed by atoms with Gasteiger partial charge in [-0.3, -0.25) is 4.90 Å². The number of hydrogen-bond acceptors (Lipinski definition) is 4. The Balaban J connectivity index is 2.32. The summed E-state index contributed by atoms with van der Waals surface area (Å²) in [6.45, 7) is 7.93. The molecule has 0 aromatic carbocycles. The van der Waals surface area contributed by atoms with Crippen LogP contribution in [0.15, 0.2) is 10.9 Å². The van der Waals surface area contributed by atoms with Gasteiger partial charge in [0.2, 0.25) is 0 Å². The van der Waals surface area contributed by atoms with Gasteiger partial charge in [-0.2, -0.15) is 0 Å². The highest BCUT2D eigenvalue weighted by Crippen LogP contribution is 2.34. The number of aromatic nitrogens is 1. The molecule has 2 N–H and O–H groups in total. The normalized spacial score (nSPS) is 28.0. The van der Waals surface area contributed by atoms with E-state index in [1.165, 1.54) is 12.8 Å². The van der Waals surface area contributed by atoms with Gasteiger partial charge >= 0.3 is 0 Å². The molecule has 0 radical (unpaired) electrons. The summed E-state index contributed by atoms with van der Waals surface area (Å²) in [5.41, 5.74) is 9.59. The molecule has 2 heterocycles. The Labute approximate surface area is 108 Å². The van der Waals surface area contributed by atoms with Gasteiger partial charge in [0.25, 0.3) is 0 Å². The zero-order valence-electron chi connectivity index (χ0n) is 11.0. The van der Waals surface area contributed by atoms with Crippen molar-refractivity contribution in [2.45, 2.75) is 57.7 Å². The van der Waals surface area contributed by atoms with Crippen molar-refractivity contribution >= 4 is 11.3 Å². The smallest absolute Gasteiger partial charge is 0.0795 e. The molecular weight excluding hydrogens is 230 g/mol. The molecule has 0 saturated carbocycles. The number of hydrogen-bond donors (Lipinski definition) is 1. The Hall–Kier alpha value is -0.450. The summed E-state index contributed by atoms with van der Waals surface area (Å²) >= 11 is 1.66. The van der Waals surface area contributed by atoms with E-state index in [2.05, 4.69) is 36.0 Å². The highest BCUT2D eigenvalue weighted by molar-refractivity contribution is 7.07. The lowest BCUT2D eigenvalue weighted by molar-refractivity contribution is 0.0736. The largest absolute Gasteiger partial charge is 0.326 e. The van der Waals surface area contributed by atoms with Crippen LogP contribution in [0, 0.1) is 0 Å². The second-order valence-electron chi connectivity index (χ2n) is 5.88. The first-order valence-corrected chi connectivity index (χ1v) is 7.35. The Morgan fingerprint density at radius 1 is 1.41 bits per heavy atom. The van der Waals surface area contributed by atoms with Crippen LogP contribution in [0.25, 0.3) is 0 Å². The molecule has 2 rings (SSSR count). The molecule has 0 aliphatic carbocycles. The highest BCUT2D eigenvalue weighted by atomic mass is 32.1. The summed E-state index contributed by atoms with van der Waals surface area (Å²) in [6.07, 6.45) is 3.58. The molecule has 96 valence electrons. The Kier molecular flexibility index (Phi) is 3.85. The van der Waals surface area contributed by atoms with Gasteiger partial charge in [-0.05, 0) is 40.2 Å². The van der Waals surface area contributed by atoms with Crippen molar-refractivity contribution in [1.29, 1.82) is 0 Å². The van der Waals surface area contributed by atoms with Crippen molar-refractivity contribution in [1.82, 2.24) is 9.88 Å². The Morgan fingerprint density at radius 2 is 2.18 bits per heavy atom. The third-order valence-electron chi connectivity index (χ3n) is 3.54. The van der Waals surface area contributed by atoms with Crippen LogP contribution in [0.3, 0.4) is 0 Å². The van der Waals surface area contributed by atoms with Crippen LogP contribution < -0.4 is 5.73 Å². The average Bonchev–Trinajstić information content (AvgIpc) is 2.67. The van der Waals surface area contributed by atoms with Crippen molar-refractivity contribution in [2.24, 2.45) is 5.73 Å². The number of rotatable bonds is 1. The fourth-order valence-corrected chi connectivity index (χ4v) is 3.27. The van der Waals surface area contributed by atoms with Crippen LogP contribution in [-0.4, -0.2) is 28.0 Å². The quantitative estimate of drug-likeness (QED) is 0.837. The molecule has 17 heavy (non-hydrogen) atoms. The van der Waals surface area contributed by atoms with E-state index in [9.17, 15) is 0 Å². The van der Waals surface area contributed by atoms with E-state index < -0.39 is 0 Å². The molecule has 0 bridgehead atoms. The molecule has 1 fully saturated rings. The van der Waals surface area contributed by atoms with Crippen molar-refractivity contribution < 1.29 is 0 Å². The molecule has 1 saturated heterocycles. The van der Waals surface area contributed by atoms with Gasteiger partial charge in [-0.25, -0.2) is 4.98 Å². The van der Waals surface area contributed by atoms with Crippen LogP contribution in [0.4, 0.5) is 0 Å². The maximum atomic E-state index is 6.38. The lowest BCUT2D eigenvalue weighted by atomic mass is 9.96. The number of nitrogens with two attached hydrogens (primary N) is 1. The summed E-state index contributed by atoms with van der Waals surface area (Å²) < 4.78 is 0. The van der Waals surface area contributed by atoms with E-state index in [0.29, 0.717) is 0 Å². The predicted molar refractivity (Wildman–Crippen MR) is 73.1 cm³/mol. The summed E-state index contributed by atoms with van der Waals surface area (Å²) in [6, 6.07) is 0.488. The van der Waals surface area contributed by atoms with E-state index in [1.807, 2.05) is 5.51 Å². The average molecular weight is 253 g/mol. The van der Waals surface area contributed by atoms with Gasteiger partial charge in [0.1, 0.15) is 0 Å². The minimum absolute atomic E-state index is 0.149. The molecule has 2 atom stereocenters. The molecular formula is C13H23N3S. The minimum Gasteiger partial charge on any atom is -0.326 e. The molecule has 3 nitrogen and oxygen atoms in total. The van der Waals surface area contributed by atoms with Crippen LogP contribution in [0.1, 0.15) is 51.8 Å². The zero-order valence-corrected chi connectivity index (χ0v) is 11.8. The lowest BCUT2D eigenvalue weighted by Gasteiger charge is -2.42. The fourth-order valence-electron chi connectivity index (χ4n) is 2.69. The molecule has 1 aliphatic heterocycles.